The van der Waals surface area contributed by atoms with Crippen molar-refractivity contribution in [1.29, 1.82) is 0 Å². The third-order valence-corrected chi connectivity index (χ3v) is 4.35. The highest BCUT2D eigenvalue weighted by atomic mass is 16.5. The Morgan fingerprint density at radius 2 is 1.86 bits per heavy atom. The van der Waals surface area contributed by atoms with Crippen LogP contribution in [0.3, 0.4) is 0 Å². The zero-order valence-corrected chi connectivity index (χ0v) is 13.9. The summed E-state index contributed by atoms with van der Waals surface area (Å²) in [7, 11) is 0. The first-order valence-electron chi connectivity index (χ1n) is 8.71. The maximum absolute atomic E-state index is 6.06. The normalized spacial score (nSPS) is 17.9. The minimum absolute atomic E-state index is 0.226. The van der Waals surface area contributed by atoms with E-state index in [-0.39, 0.29) is 6.10 Å². The van der Waals surface area contributed by atoms with Crippen LogP contribution < -0.4 is 10.1 Å². The second kappa shape index (κ2) is 8.43. The fraction of sp³-hybridized carbons (Fsp3) is 0.684. The lowest BCUT2D eigenvalue weighted by Crippen LogP contribution is -2.31. The Bertz CT molecular complexity index is 410. The van der Waals surface area contributed by atoms with Gasteiger partial charge in [0.05, 0.1) is 6.10 Å². The summed E-state index contributed by atoms with van der Waals surface area (Å²) in [6.07, 6.45) is 8.25. The van der Waals surface area contributed by atoms with E-state index >= 15 is 0 Å². The largest absolute Gasteiger partial charge is 0.491 e. The van der Waals surface area contributed by atoms with Gasteiger partial charge in [0.25, 0.3) is 0 Å². The summed E-state index contributed by atoms with van der Waals surface area (Å²) in [4.78, 5) is 0. The molecular formula is C19H31NO. The van der Waals surface area contributed by atoms with E-state index in [1.54, 1.807) is 0 Å². The molecule has 0 aliphatic heterocycles. The Hall–Kier alpha value is -1.02. The topological polar surface area (TPSA) is 21.3 Å². The highest BCUT2D eigenvalue weighted by Crippen LogP contribution is 2.38. The van der Waals surface area contributed by atoms with Gasteiger partial charge >= 0.3 is 0 Å². The third-order valence-electron chi connectivity index (χ3n) is 4.35. The van der Waals surface area contributed by atoms with Gasteiger partial charge in [-0.05, 0) is 51.6 Å². The fourth-order valence-electron chi connectivity index (χ4n) is 3.40. The van der Waals surface area contributed by atoms with Crippen molar-refractivity contribution in [2.75, 3.05) is 6.54 Å². The molecule has 0 radical (unpaired) electrons. The first kappa shape index (κ1) is 16.4. The van der Waals surface area contributed by atoms with Crippen LogP contribution in [0.4, 0.5) is 0 Å². The van der Waals surface area contributed by atoms with E-state index in [4.69, 9.17) is 4.74 Å². The maximum Gasteiger partial charge on any atom is 0.124 e. The van der Waals surface area contributed by atoms with Crippen molar-refractivity contribution >= 4 is 0 Å². The van der Waals surface area contributed by atoms with Crippen molar-refractivity contribution in [1.82, 2.24) is 5.32 Å². The summed E-state index contributed by atoms with van der Waals surface area (Å²) in [6.45, 7) is 7.52. The van der Waals surface area contributed by atoms with Crippen molar-refractivity contribution in [3.05, 3.63) is 29.8 Å². The van der Waals surface area contributed by atoms with Crippen molar-refractivity contribution in [2.45, 2.75) is 71.4 Å². The standard InChI is InChI=1S/C19H31NO/c1-4-14-20-19(16-10-6-5-7-11-16)17-12-8-9-13-18(17)21-15(2)3/h8-9,12-13,15-16,19-20H,4-7,10-11,14H2,1-3H3. The lowest BCUT2D eigenvalue weighted by Gasteiger charge is -2.32. The van der Waals surface area contributed by atoms with Gasteiger partial charge < -0.3 is 10.1 Å². The summed E-state index contributed by atoms with van der Waals surface area (Å²) in [5.74, 6) is 1.81. The molecule has 0 spiro atoms. The van der Waals surface area contributed by atoms with Crippen LogP contribution >= 0.6 is 0 Å². The van der Waals surface area contributed by atoms with Crippen LogP contribution in [0.15, 0.2) is 24.3 Å². The van der Waals surface area contributed by atoms with E-state index in [1.165, 1.54) is 44.1 Å². The quantitative estimate of drug-likeness (QED) is 0.754. The number of para-hydroxylation sites is 1. The van der Waals surface area contributed by atoms with E-state index in [1.807, 2.05) is 0 Å². The van der Waals surface area contributed by atoms with Crippen LogP contribution in [0.5, 0.6) is 5.75 Å². The average molecular weight is 289 g/mol. The van der Waals surface area contributed by atoms with Gasteiger partial charge in [0.1, 0.15) is 5.75 Å². The van der Waals surface area contributed by atoms with Crippen LogP contribution in [0.25, 0.3) is 0 Å². The van der Waals surface area contributed by atoms with E-state index in [9.17, 15) is 0 Å². The van der Waals surface area contributed by atoms with Crippen molar-refractivity contribution in [2.24, 2.45) is 5.92 Å². The van der Waals surface area contributed by atoms with Crippen molar-refractivity contribution in [3.63, 3.8) is 0 Å². The predicted molar refractivity (Wildman–Crippen MR) is 89.8 cm³/mol. The van der Waals surface area contributed by atoms with Gasteiger partial charge in [-0.15, -0.1) is 0 Å². The van der Waals surface area contributed by atoms with Gasteiger partial charge in [-0.2, -0.15) is 0 Å². The molecule has 0 bridgehead atoms. The van der Waals surface area contributed by atoms with Crippen molar-refractivity contribution in [3.8, 4) is 5.75 Å². The molecule has 0 amide bonds. The van der Waals surface area contributed by atoms with Gasteiger partial charge in [0.15, 0.2) is 0 Å². The van der Waals surface area contributed by atoms with Crippen LogP contribution in [0, 0.1) is 5.92 Å². The van der Waals surface area contributed by atoms with E-state index < -0.39 is 0 Å². The van der Waals surface area contributed by atoms with Crippen LogP contribution in [0.2, 0.25) is 0 Å². The molecule has 1 aromatic carbocycles. The van der Waals surface area contributed by atoms with Crippen molar-refractivity contribution < 1.29 is 4.74 Å². The second-order valence-electron chi connectivity index (χ2n) is 6.53. The Labute approximate surface area is 130 Å². The van der Waals surface area contributed by atoms with E-state index in [2.05, 4.69) is 50.4 Å². The van der Waals surface area contributed by atoms with Gasteiger partial charge in [0.2, 0.25) is 0 Å². The third kappa shape index (κ3) is 4.74. The molecule has 1 N–H and O–H groups in total. The first-order valence-corrected chi connectivity index (χ1v) is 8.71. The first-order chi connectivity index (χ1) is 10.2. The zero-order chi connectivity index (χ0) is 15.1. The summed E-state index contributed by atoms with van der Waals surface area (Å²) >= 11 is 0. The fourth-order valence-corrected chi connectivity index (χ4v) is 3.40. The average Bonchev–Trinajstić information content (AvgIpc) is 2.50. The molecule has 0 heterocycles. The maximum atomic E-state index is 6.06. The molecule has 1 saturated carbocycles. The molecule has 1 aromatic rings. The molecule has 2 heteroatoms. The summed E-state index contributed by atoms with van der Waals surface area (Å²) in [5.41, 5.74) is 1.35. The molecule has 1 unspecified atom stereocenters. The molecule has 1 atom stereocenters. The molecule has 118 valence electrons. The highest BCUT2D eigenvalue weighted by molar-refractivity contribution is 5.36. The minimum Gasteiger partial charge on any atom is -0.491 e. The number of hydrogen-bond acceptors (Lipinski definition) is 2. The lowest BCUT2D eigenvalue weighted by atomic mass is 9.81. The van der Waals surface area contributed by atoms with Gasteiger partial charge in [-0.1, -0.05) is 44.4 Å². The van der Waals surface area contributed by atoms with Gasteiger partial charge in [0, 0.05) is 11.6 Å². The van der Waals surface area contributed by atoms with Gasteiger partial charge in [-0.3, -0.25) is 0 Å². The van der Waals surface area contributed by atoms with E-state index in [0.29, 0.717) is 6.04 Å². The van der Waals surface area contributed by atoms with E-state index in [0.717, 1.165) is 18.2 Å². The smallest absolute Gasteiger partial charge is 0.124 e. The highest BCUT2D eigenvalue weighted by Gasteiger charge is 2.26. The lowest BCUT2D eigenvalue weighted by molar-refractivity contribution is 0.225. The summed E-state index contributed by atoms with van der Waals surface area (Å²) in [5, 5.41) is 3.79. The number of rotatable bonds is 7. The van der Waals surface area contributed by atoms with Crippen LogP contribution in [0.1, 0.15) is 70.9 Å². The molecular weight excluding hydrogens is 258 g/mol. The van der Waals surface area contributed by atoms with Crippen LogP contribution in [-0.4, -0.2) is 12.6 Å². The number of nitrogens with one attached hydrogen (secondary N) is 1. The molecule has 1 fully saturated rings. The number of ether oxygens (including phenoxy) is 1. The Balaban J connectivity index is 2.22. The SMILES string of the molecule is CCCNC(c1ccccc1OC(C)C)C1CCCCC1. The molecule has 21 heavy (non-hydrogen) atoms. The molecule has 0 aromatic heterocycles. The number of hydrogen-bond donors (Lipinski definition) is 1. The number of benzene rings is 1. The summed E-state index contributed by atoms with van der Waals surface area (Å²) in [6, 6.07) is 9.05. The Kier molecular flexibility index (Phi) is 6.56. The zero-order valence-electron chi connectivity index (χ0n) is 13.9. The Morgan fingerprint density at radius 3 is 2.52 bits per heavy atom. The van der Waals surface area contributed by atoms with Crippen LogP contribution in [-0.2, 0) is 0 Å². The minimum atomic E-state index is 0.226. The summed E-state index contributed by atoms with van der Waals surface area (Å²) < 4.78 is 6.06. The predicted octanol–water partition coefficient (Wildman–Crippen LogP) is 5.09. The van der Waals surface area contributed by atoms with Gasteiger partial charge in [-0.25, -0.2) is 0 Å². The monoisotopic (exact) mass is 289 g/mol. The molecule has 0 saturated heterocycles. The Morgan fingerprint density at radius 1 is 1.14 bits per heavy atom. The molecule has 2 nitrogen and oxygen atoms in total. The second-order valence-corrected chi connectivity index (χ2v) is 6.53. The molecule has 1 aliphatic rings. The molecule has 2 rings (SSSR count). The molecule has 1 aliphatic carbocycles.